The van der Waals surface area contributed by atoms with E-state index in [1.165, 1.54) is 0 Å². The third kappa shape index (κ3) is 3.92. The second-order valence-corrected chi connectivity index (χ2v) is 4.82. The van der Waals surface area contributed by atoms with Crippen LogP contribution in [0.4, 0.5) is 13.2 Å². The molecule has 0 aromatic carbocycles. The summed E-state index contributed by atoms with van der Waals surface area (Å²) in [7, 11) is 0. The highest BCUT2D eigenvalue weighted by molar-refractivity contribution is 4.82. The lowest BCUT2D eigenvalue weighted by Gasteiger charge is -2.39. The van der Waals surface area contributed by atoms with E-state index < -0.39 is 12.1 Å². The van der Waals surface area contributed by atoms with E-state index in [0.29, 0.717) is 19.7 Å². The Bertz CT molecular complexity index is 231. The van der Waals surface area contributed by atoms with Crippen molar-refractivity contribution < 1.29 is 17.9 Å². The van der Waals surface area contributed by atoms with E-state index in [4.69, 9.17) is 10.5 Å². The Morgan fingerprint density at radius 2 is 2.06 bits per heavy atom. The Hall–Kier alpha value is -0.330. The lowest BCUT2D eigenvalue weighted by Crippen LogP contribution is -2.51. The smallest absolute Gasteiger partial charge is 0.373 e. The van der Waals surface area contributed by atoms with Crippen molar-refractivity contribution in [3.8, 4) is 0 Å². The van der Waals surface area contributed by atoms with Crippen LogP contribution in [0.25, 0.3) is 0 Å². The summed E-state index contributed by atoms with van der Waals surface area (Å²) in [4.78, 5) is 1.77. The first-order valence-electron chi connectivity index (χ1n) is 5.38. The lowest BCUT2D eigenvalue weighted by atomic mass is 10.0. The molecular weight excluding hydrogens is 221 g/mol. The van der Waals surface area contributed by atoms with Gasteiger partial charge < -0.3 is 10.5 Å². The van der Waals surface area contributed by atoms with Gasteiger partial charge in [-0.05, 0) is 13.8 Å². The second-order valence-electron chi connectivity index (χ2n) is 4.82. The van der Waals surface area contributed by atoms with E-state index in [1.807, 2.05) is 13.8 Å². The van der Waals surface area contributed by atoms with Crippen molar-refractivity contribution in [2.24, 2.45) is 11.7 Å². The molecule has 1 atom stereocenters. The number of hydrogen-bond donors (Lipinski definition) is 1. The van der Waals surface area contributed by atoms with Crippen LogP contribution in [-0.2, 0) is 4.74 Å². The first-order valence-corrected chi connectivity index (χ1v) is 5.38. The van der Waals surface area contributed by atoms with Crippen LogP contribution in [0.3, 0.4) is 0 Å². The minimum atomic E-state index is -4.21. The van der Waals surface area contributed by atoms with Crippen LogP contribution in [0.15, 0.2) is 0 Å². The van der Waals surface area contributed by atoms with Gasteiger partial charge in [0.25, 0.3) is 0 Å². The average Bonchev–Trinajstić information content (AvgIpc) is 2.10. The zero-order valence-electron chi connectivity index (χ0n) is 9.68. The summed E-state index contributed by atoms with van der Waals surface area (Å²) >= 11 is 0. The number of nitrogens with two attached hydrogens (primary N) is 1. The van der Waals surface area contributed by atoms with Crippen molar-refractivity contribution in [2.75, 3.05) is 32.8 Å². The Morgan fingerprint density at radius 1 is 1.44 bits per heavy atom. The van der Waals surface area contributed by atoms with Gasteiger partial charge in [-0.15, -0.1) is 0 Å². The van der Waals surface area contributed by atoms with Crippen LogP contribution >= 0.6 is 0 Å². The maximum atomic E-state index is 12.5. The minimum Gasteiger partial charge on any atom is -0.373 e. The molecule has 16 heavy (non-hydrogen) atoms. The molecule has 3 nitrogen and oxygen atoms in total. The van der Waals surface area contributed by atoms with Gasteiger partial charge in [0, 0.05) is 26.2 Å². The number of hydrogen-bond acceptors (Lipinski definition) is 3. The minimum absolute atomic E-state index is 0.0349. The van der Waals surface area contributed by atoms with Gasteiger partial charge in [-0.25, -0.2) is 0 Å². The summed E-state index contributed by atoms with van der Waals surface area (Å²) in [5.41, 5.74) is 4.79. The van der Waals surface area contributed by atoms with Gasteiger partial charge in [-0.1, -0.05) is 0 Å². The fraction of sp³-hybridized carbons (Fsp3) is 1.00. The molecule has 96 valence electrons. The van der Waals surface area contributed by atoms with Gasteiger partial charge in [-0.3, -0.25) is 4.90 Å². The van der Waals surface area contributed by atoms with Crippen molar-refractivity contribution in [1.82, 2.24) is 4.90 Å². The molecule has 0 spiro atoms. The highest BCUT2D eigenvalue weighted by Crippen LogP contribution is 2.27. The van der Waals surface area contributed by atoms with Gasteiger partial charge in [0.1, 0.15) is 0 Å². The molecule has 0 bridgehead atoms. The van der Waals surface area contributed by atoms with E-state index in [0.717, 1.165) is 0 Å². The standard InChI is InChI=1S/C10H19F3N2O/c1-9(2)7-15(3-4-16-9)6-8(5-14)10(11,12)13/h8H,3-7,14H2,1-2H3. The average molecular weight is 240 g/mol. The molecule has 0 saturated carbocycles. The summed E-state index contributed by atoms with van der Waals surface area (Å²) < 4.78 is 43.0. The molecule has 1 saturated heterocycles. The van der Waals surface area contributed by atoms with Gasteiger partial charge in [0.05, 0.1) is 18.1 Å². The first kappa shape index (κ1) is 13.7. The molecule has 1 rings (SSSR count). The SMILES string of the molecule is CC1(C)CN(CC(CN)C(F)(F)F)CCO1. The Morgan fingerprint density at radius 3 is 2.50 bits per heavy atom. The van der Waals surface area contributed by atoms with E-state index in [9.17, 15) is 13.2 Å². The van der Waals surface area contributed by atoms with Crippen LogP contribution < -0.4 is 5.73 Å². The van der Waals surface area contributed by atoms with E-state index in [1.54, 1.807) is 4.90 Å². The van der Waals surface area contributed by atoms with Crippen LogP contribution in [0.5, 0.6) is 0 Å². The molecule has 1 aliphatic heterocycles. The Balaban J connectivity index is 2.52. The van der Waals surface area contributed by atoms with E-state index in [2.05, 4.69) is 0 Å². The molecule has 0 aromatic heterocycles. The van der Waals surface area contributed by atoms with Crippen LogP contribution in [0.1, 0.15) is 13.8 Å². The predicted octanol–water partition coefficient (Wildman–Crippen LogP) is 1.23. The molecule has 1 heterocycles. The van der Waals surface area contributed by atoms with Gasteiger partial charge in [-0.2, -0.15) is 13.2 Å². The molecule has 0 aromatic rings. The molecule has 0 aliphatic carbocycles. The van der Waals surface area contributed by atoms with E-state index in [-0.39, 0.29) is 18.7 Å². The van der Waals surface area contributed by atoms with Crippen molar-refractivity contribution in [2.45, 2.75) is 25.6 Å². The maximum Gasteiger partial charge on any atom is 0.394 e. The fourth-order valence-corrected chi connectivity index (χ4v) is 1.89. The summed E-state index contributed by atoms with van der Waals surface area (Å²) in [6.07, 6.45) is -4.21. The van der Waals surface area contributed by atoms with Crippen molar-refractivity contribution in [3.63, 3.8) is 0 Å². The molecule has 1 aliphatic rings. The van der Waals surface area contributed by atoms with Crippen molar-refractivity contribution >= 4 is 0 Å². The highest BCUT2D eigenvalue weighted by Gasteiger charge is 2.40. The van der Waals surface area contributed by atoms with Gasteiger partial charge >= 0.3 is 6.18 Å². The zero-order chi connectivity index (χ0) is 12.4. The van der Waals surface area contributed by atoms with Gasteiger partial charge in [0.2, 0.25) is 0 Å². The molecular formula is C10H19F3N2O. The van der Waals surface area contributed by atoms with Crippen LogP contribution in [0.2, 0.25) is 0 Å². The Labute approximate surface area is 93.7 Å². The summed E-state index contributed by atoms with van der Waals surface area (Å²) in [5.74, 6) is -1.44. The third-order valence-electron chi connectivity index (χ3n) is 2.73. The van der Waals surface area contributed by atoms with Crippen molar-refractivity contribution in [3.05, 3.63) is 0 Å². The second kappa shape index (κ2) is 4.89. The maximum absolute atomic E-state index is 12.5. The molecule has 1 unspecified atom stereocenters. The molecule has 0 amide bonds. The number of rotatable bonds is 3. The first-order chi connectivity index (χ1) is 7.24. The predicted molar refractivity (Wildman–Crippen MR) is 55.1 cm³/mol. The molecule has 1 fully saturated rings. The third-order valence-corrected chi connectivity index (χ3v) is 2.73. The topological polar surface area (TPSA) is 38.5 Å². The van der Waals surface area contributed by atoms with Crippen molar-refractivity contribution in [1.29, 1.82) is 0 Å². The fourth-order valence-electron chi connectivity index (χ4n) is 1.89. The summed E-state index contributed by atoms with van der Waals surface area (Å²) in [6.45, 7) is 4.89. The lowest BCUT2D eigenvalue weighted by molar-refractivity contribution is -0.182. The van der Waals surface area contributed by atoms with Crippen LogP contribution in [0, 0.1) is 5.92 Å². The molecule has 2 N–H and O–H groups in total. The van der Waals surface area contributed by atoms with Gasteiger partial charge in [0.15, 0.2) is 0 Å². The van der Waals surface area contributed by atoms with E-state index >= 15 is 0 Å². The van der Waals surface area contributed by atoms with Crippen LogP contribution in [-0.4, -0.2) is 49.5 Å². The zero-order valence-corrected chi connectivity index (χ0v) is 9.68. The highest BCUT2D eigenvalue weighted by atomic mass is 19.4. The quantitative estimate of drug-likeness (QED) is 0.806. The Kier molecular flexibility index (Phi) is 4.20. The monoisotopic (exact) mass is 240 g/mol. The number of nitrogens with zero attached hydrogens (tertiary/aromatic N) is 1. The number of halogens is 3. The molecule has 6 heteroatoms. The normalized spacial score (nSPS) is 24.4. The summed E-state index contributed by atoms with van der Waals surface area (Å²) in [5, 5.41) is 0. The molecule has 0 radical (unpaired) electrons. The number of morpholine rings is 1. The number of alkyl halides is 3. The number of ether oxygens (including phenoxy) is 1. The summed E-state index contributed by atoms with van der Waals surface area (Å²) in [6, 6.07) is 0. The largest absolute Gasteiger partial charge is 0.394 e.